The van der Waals surface area contributed by atoms with Crippen LogP contribution in [0.15, 0.2) is 48.5 Å². The maximum atomic E-state index is 3.61. The summed E-state index contributed by atoms with van der Waals surface area (Å²) in [5.74, 6) is 1.17. The Labute approximate surface area is 129 Å². The van der Waals surface area contributed by atoms with Crippen LogP contribution in [-0.2, 0) is 0 Å². The second-order valence-corrected chi connectivity index (χ2v) is 5.92. The first-order chi connectivity index (χ1) is 10.2. The van der Waals surface area contributed by atoms with E-state index in [1.54, 1.807) is 0 Å². The molecule has 0 amide bonds. The van der Waals surface area contributed by atoms with Crippen molar-refractivity contribution < 1.29 is 0 Å². The average molecular weight is 281 g/mol. The second kappa shape index (κ2) is 7.31. The highest BCUT2D eigenvalue weighted by Gasteiger charge is 2.17. The molecule has 2 rings (SSSR count). The highest BCUT2D eigenvalue weighted by molar-refractivity contribution is 5.66. The zero-order valence-electron chi connectivity index (χ0n) is 13.7. The van der Waals surface area contributed by atoms with E-state index in [0.29, 0.717) is 11.8 Å². The van der Waals surface area contributed by atoms with E-state index < -0.39 is 0 Å². The van der Waals surface area contributed by atoms with Gasteiger partial charge in [-0.3, -0.25) is 0 Å². The number of hydrogen-bond donors (Lipinski definition) is 1. The Balaban J connectivity index is 2.44. The molecule has 0 heterocycles. The van der Waals surface area contributed by atoms with Crippen LogP contribution >= 0.6 is 0 Å². The Morgan fingerprint density at radius 1 is 0.810 bits per heavy atom. The summed E-state index contributed by atoms with van der Waals surface area (Å²) in [7, 11) is 0. The van der Waals surface area contributed by atoms with Crippen molar-refractivity contribution in [1.82, 2.24) is 0 Å². The summed E-state index contributed by atoms with van der Waals surface area (Å²) < 4.78 is 0. The van der Waals surface area contributed by atoms with Crippen molar-refractivity contribution in [3.8, 4) is 0 Å². The van der Waals surface area contributed by atoms with Gasteiger partial charge in [-0.25, -0.2) is 0 Å². The lowest BCUT2D eigenvalue weighted by atomic mass is 9.85. The SMILES string of the molecule is CCC(C)c1cccc(Nc2ccccc2)c1C(C)CC. The normalized spacial score (nSPS) is 13.7. The first-order valence-electron chi connectivity index (χ1n) is 8.12. The maximum Gasteiger partial charge on any atom is 0.0422 e. The molecule has 0 bridgehead atoms. The molecule has 1 heteroatoms. The lowest BCUT2D eigenvalue weighted by Crippen LogP contribution is -2.06. The van der Waals surface area contributed by atoms with Crippen molar-refractivity contribution in [2.24, 2.45) is 0 Å². The predicted molar refractivity (Wildman–Crippen MR) is 93.6 cm³/mol. The smallest absolute Gasteiger partial charge is 0.0422 e. The van der Waals surface area contributed by atoms with Crippen LogP contribution in [-0.4, -0.2) is 0 Å². The molecule has 0 saturated heterocycles. The fourth-order valence-corrected chi connectivity index (χ4v) is 2.77. The summed E-state index contributed by atoms with van der Waals surface area (Å²) in [6, 6.07) is 17.1. The molecule has 2 aromatic carbocycles. The van der Waals surface area contributed by atoms with Gasteiger partial charge in [0.25, 0.3) is 0 Å². The van der Waals surface area contributed by atoms with Gasteiger partial charge < -0.3 is 5.32 Å². The topological polar surface area (TPSA) is 12.0 Å². The third kappa shape index (κ3) is 3.66. The fraction of sp³-hybridized carbons (Fsp3) is 0.400. The maximum absolute atomic E-state index is 3.61. The fourth-order valence-electron chi connectivity index (χ4n) is 2.77. The largest absolute Gasteiger partial charge is 0.355 e. The Morgan fingerprint density at radius 2 is 1.48 bits per heavy atom. The van der Waals surface area contributed by atoms with E-state index >= 15 is 0 Å². The molecule has 0 aliphatic carbocycles. The highest BCUT2D eigenvalue weighted by Crippen LogP contribution is 2.36. The van der Waals surface area contributed by atoms with Crippen molar-refractivity contribution in [2.45, 2.75) is 52.4 Å². The minimum atomic E-state index is 0.571. The average Bonchev–Trinajstić information content (AvgIpc) is 2.54. The summed E-state index contributed by atoms with van der Waals surface area (Å²) in [5, 5.41) is 3.61. The van der Waals surface area contributed by atoms with E-state index in [4.69, 9.17) is 0 Å². The number of benzene rings is 2. The molecule has 1 nitrogen and oxygen atoms in total. The summed E-state index contributed by atoms with van der Waals surface area (Å²) in [4.78, 5) is 0. The van der Waals surface area contributed by atoms with Gasteiger partial charge in [-0.2, -0.15) is 0 Å². The standard InChI is InChI=1S/C20H27N/c1-5-15(3)18-13-10-14-19(20(18)16(4)6-2)21-17-11-8-7-9-12-17/h7-16,21H,5-6H2,1-4H3. The summed E-state index contributed by atoms with van der Waals surface area (Å²) in [6.07, 6.45) is 2.34. The Kier molecular flexibility index (Phi) is 5.44. The summed E-state index contributed by atoms with van der Waals surface area (Å²) >= 11 is 0. The number of rotatable bonds is 6. The van der Waals surface area contributed by atoms with Gasteiger partial charge in [-0.15, -0.1) is 0 Å². The zero-order valence-corrected chi connectivity index (χ0v) is 13.7. The summed E-state index contributed by atoms with van der Waals surface area (Å²) in [5.41, 5.74) is 5.39. The molecule has 0 spiro atoms. The second-order valence-electron chi connectivity index (χ2n) is 5.92. The van der Waals surface area contributed by atoms with Crippen LogP contribution in [0.1, 0.15) is 63.5 Å². The number of para-hydroxylation sites is 1. The van der Waals surface area contributed by atoms with Crippen LogP contribution in [0.5, 0.6) is 0 Å². The van der Waals surface area contributed by atoms with Crippen molar-refractivity contribution in [1.29, 1.82) is 0 Å². The van der Waals surface area contributed by atoms with Crippen LogP contribution in [0.2, 0.25) is 0 Å². The molecular weight excluding hydrogens is 254 g/mol. The van der Waals surface area contributed by atoms with Crippen LogP contribution in [0.4, 0.5) is 11.4 Å². The quantitative estimate of drug-likeness (QED) is 0.641. The van der Waals surface area contributed by atoms with Gasteiger partial charge in [-0.05, 0) is 54.0 Å². The zero-order chi connectivity index (χ0) is 15.2. The number of hydrogen-bond acceptors (Lipinski definition) is 1. The molecule has 1 N–H and O–H groups in total. The molecule has 0 fully saturated rings. The van der Waals surface area contributed by atoms with Crippen LogP contribution in [0, 0.1) is 0 Å². The van der Waals surface area contributed by atoms with Gasteiger partial charge >= 0.3 is 0 Å². The Hall–Kier alpha value is -1.76. The Morgan fingerprint density at radius 3 is 2.10 bits per heavy atom. The van der Waals surface area contributed by atoms with Crippen molar-refractivity contribution in [3.05, 3.63) is 59.7 Å². The highest BCUT2D eigenvalue weighted by atomic mass is 14.9. The van der Waals surface area contributed by atoms with Crippen LogP contribution in [0.25, 0.3) is 0 Å². The molecule has 2 atom stereocenters. The lowest BCUT2D eigenvalue weighted by Gasteiger charge is -2.23. The van der Waals surface area contributed by atoms with Gasteiger partial charge in [0.05, 0.1) is 0 Å². The number of nitrogens with one attached hydrogen (secondary N) is 1. The lowest BCUT2D eigenvalue weighted by molar-refractivity contribution is 0.678. The molecule has 0 aromatic heterocycles. The summed E-state index contributed by atoms with van der Waals surface area (Å²) in [6.45, 7) is 9.19. The van der Waals surface area contributed by atoms with E-state index in [-0.39, 0.29) is 0 Å². The van der Waals surface area contributed by atoms with E-state index in [2.05, 4.69) is 81.5 Å². The minimum absolute atomic E-state index is 0.571. The van der Waals surface area contributed by atoms with Crippen molar-refractivity contribution in [3.63, 3.8) is 0 Å². The molecule has 2 unspecified atom stereocenters. The molecule has 0 aliphatic heterocycles. The van der Waals surface area contributed by atoms with Crippen molar-refractivity contribution in [2.75, 3.05) is 5.32 Å². The van der Waals surface area contributed by atoms with Crippen LogP contribution in [0.3, 0.4) is 0 Å². The van der Waals surface area contributed by atoms with E-state index in [9.17, 15) is 0 Å². The molecule has 112 valence electrons. The van der Waals surface area contributed by atoms with E-state index in [0.717, 1.165) is 12.1 Å². The molecular formula is C20H27N. The van der Waals surface area contributed by atoms with E-state index in [1.165, 1.54) is 23.2 Å². The molecule has 21 heavy (non-hydrogen) atoms. The number of anilines is 2. The monoisotopic (exact) mass is 281 g/mol. The first kappa shape index (κ1) is 15.6. The molecule has 0 radical (unpaired) electrons. The third-order valence-electron chi connectivity index (χ3n) is 4.44. The van der Waals surface area contributed by atoms with Gasteiger partial charge in [0.2, 0.25) is 0 Å². The Bertz CT molecular complexity index is 559. The molecule has 0 saturated carbocycles. The van der Waals surface area contributed by atoms with Gasteiger partial charge in [0.1, 0.15) is 0 Å². The molecule has 2 aromatic rings. The van der Waals surface area contributed by atoms with Crippen molar-refractivity contribution >= 4 is 11.4 Å². The van der Waals surface area contributed by atoms with Gasteiger partial charge in [0.15, 0.2) is 0 Å². The first-order valence-corrected chi connectivity index (χ1v) is 8.12. The van der Waals surface area contributed by atoms with Gasteiger partial charge in [-0.1, -0.05) is 58.0 Å². The van der Waals surface area contributed by atoms with Crippen LogP contribution < -0.4 is 5.32 Å². The molecule has 0 aliphatic rings. The minimum Gasteiger partial charge on any atom is -0.355 e. The predicted octanol–water partition coefficient (Wildman–Crippen LogP) is 6.46. The third-order valence-corrected chi connectivity index (χ3v) is 4.44. The van der Waals surface area contributed by atoms with E-state index in [1.807, 2.05) is 0 Å². The van der Waals surface area contributed by atoms with Gasteiger partial charge in [0, 0.05) is 11.4 Å².